The second kappa shape index (κ2) is 6.53. The molecule has 0 spiro atoms. The number of aromatic nitrogens is 1. The maximum Gasteiger partial charge on any atom is 0.250 e. The third-order valence-corrected chi connectivity index (χ3v) is 6.75. The monoisotopic (exact) mass is 363 g/mol. The van der Waals surface area contributed by atoms with Crippen LogP contribution in [0.2, 0.25) is 0 Å². The van der Waals surface area contributed by atoms with Crippen LogP contribution in [0.5, 0.6) is 0 Å². The number of fused-ring (bicyclic) bond motifs is 4. The van der Waals surface area contributed by atoms with Gasteiger partial charge in [0.15, 0.2) is 0 Å². The van der Waals surface area contributed by atoms with Gasteiger partial charge in [0.1, 0.15) is 6.54 Å². The van der Waals surface area contributed by atoms with Crippen molar-refractivity contribution in [3.05, 3.63) is 80.9 Å². The summed E-state index contributed by atoms with van der Waals surface area (Å²) in [6.07, 6.45) is 1.22. The summed E-state index contributed by atoms with van der Waals surface area (Å²) in [7, 11) is 0. The lowest BCUT2D eigenvalue weighted by molar-refractivity contribution is -0.924. The summed E-state index contributed by atoms with van der Waals surface area (Å²) >= 11 is 1.86. The third kappa shape index (κ3) is 2.83. The van der Waals surface area contributed by atoms with E-state index in [-0.39, 0.29) is 5.56 Å². The van der Waals surface area contributed by atoms with Crippen LogP contribution in [0.15, 0.2) is 64.8 Å². The fraction of sp³-hybridized carbons (Fsp3) is 0.318. The number of nitrogens with zero attached hydrogens (tertiary/aromatic N) is 1. The lowest BCUT2D eigenvalue weighted by Crippen LogP contribution is -3.13. The Hall–Kier alpha value is -2.17. The van der Waals surface area contributed by atoms with Crippen molar-refractivity contribution >= 4 is 11.3 Å². The highest BCUT2D eigenvalue weighted by molar-refractivity contribution is 7.09. The third-order valence-electron chi connectivity index (χ3n) is 5.87. The molecule has 132 valence electrons. The molecule has 2 aliphatic heterocycles. The number of pyridine rings is 1. The Kier molecular flexibility index (Phi) is 4.03. The number of piperidine rings is 1. The molecule has 4 heteroatoms. The van der Waals surface area contributed by atoms with Crippen molar-refractivity contribution in [3.8, 4) is 11.1 Å². The Morgan fingerprint density at radius 1 is 1.04 bits per heavy atom. The molecule has 1 saturated heterocycles. The quantitative estimate of drug-likeness (QED) is 0.761. The SMILES string of the molecule is O=c1ccc(-c2ccccc2)c2n1C[C@H]1C[C@@H]2C[NH+](Cc2cccs2)C1. The second-order valence-electron chi connectivity index (χ2n) is 7.66. The summed E-state index contributed by atoms with van der Waals surface area (Å²) in [5.74, 6) is 1.08. The lowest BCUT2D eigenvalue weighted by Gasteiger charge is -2.41. The molecule has 3 atom stereocenters. The minimum atomic E-state index is 0.163. The number of quaternary nitrogens is 1. The highest BCUT2D eigenvalue weighted by atomic mass is 32.1. The van der Waals surface area contributed by atoms with Gasteiger partial charge >= 0.3 is 0 Å². The van der Waals surface area contributed by atoms with Gasteiger partial charge in [-0.1, -0.05) is 36.4 Å². The molecule has 5 rings (SSSR count). The molecule has 2 aromatic heterocycles. The highest BCUT2D eigenvalue weighted by Crippen LogP contribution is 2.36. The lowest BCUT2D eigenvalue weighted by atomic mass is 9.80. The van der Waals surface area contributed by atoms with E-state index in [0.717, 1.165) is 19.6 Å². The van der Waals surface area contributed by atoms with Crippen molar-refractivity contribution in [3.63, 3.8) is 0 Å². The van der Waals surface area contributed by atoms with E-state index in [0.29, 0.717) is 11.8 Å². The molecule has 0 aliphatic carbocycles. The average Bonchev–Trinajstić information content (AvgIpc) is 3.16. The molecule has 2 bridgehead atoms. The molecule has 0 saturated carbocycles. The van der Waals surface area contributed by atoms with Gasteiger partial charge < -0.3 is 9.47 Å². The second-order valence-corrected chi connectivity index (χ2v) is 8.69. The largest absolute Gasteiger partial charge is 0.330 e. The molecule has 1 fully saturated rings. The van der Waals surface area contributed by atoms with Gasteiger partial charge in [-0.25, -0.2) is 0 Å². The summed E-state index contributed by atoms with van der Waals surface area (Å²) < 4.78 is 2.07. The smallest absolute Gasteiger partial charge is 0.250 e. The Balaban J connectivity index is 1.54. The Bertz CT molecular complexity index is 962. The molecule has 0 radical (unpaired) electrons. The van der Waals surface area contributed by atoms with Crippen LogP contribution in [-0.4, -0.2) is 17.7 Å². The predicted octanol–water partition coefficient (Wildman–Crippen LogP) is 2.78. The standard InChI is InChI=1S/C22H22N2OS/c25-21-9-8-20(17-5-2-1-3-6-17)22-18-11-16(13-24(21)22)12-23(14-18)15-19-7-4-10-26-19/h1-10,16,18H,11-15H2/p+1/t16-,18+/m0/s1. The normalized spacial score (nSPS) is 24.2. The molecule has 1 aromatic carbocycles. The maximum absolute atomic E-state index is 12.6. The molecule has 1 N–H and O–H groups in total. The van der Waals surface area contributed by atoms with E-state index in [9.17, 15) is 4.79 Å². The van der Waals surface area contributed by atoms with Crippen LogP contribution in [0.25, 0.3) is 11.1 Å². The first-order valence-electron chi connectivity index (χ1n) is 9.43. The number of benzene rings is 1. The molecule has 2 aliphatic rings. The zero-order valence-corrected chi connectivity index (χ0v) is 15.5. The topological polar surface area (TPSA) is 26.4 Å². The summed E-state index contributed by atoms with van der Waals surface area (Å²) in [6.45, 7) is 4.29. The average molecular weight is 364 g/mol. The van der Waals surface area contributed by atoms with Crippen molar-refractivity contribution in [2.45, 2.75) is 25.4 Å². The number of hydrogen-bond acceptors (Lipinski definition) is 2. The van der Waals surface area contributed by atoms with E-state index in [1.54, 1.807) is 11.0 Å². The van der Waals surface area contributed by atoms with Crippen molar-refractivity contribution in [2.75, 3.05) is 13.1 Å². The summed E-state index contributed by atoms with van der Waals surface area (Å²) in [6, 6.07) is 18.7. The molecule has 26 heavy (non-hydrogen) atoms. The van der Waals surface area contributed by atoms with Gasteiger partial charge in [-0.2, -0.15) is 0 Å². The van der Waals surface area contributed by atoms with Crippen LogP contribution >= 0.6 is 11.3 Å². The van der Waals surface area contributed by atoms with Crippen LogP contribution in [0.1, 0.15) is 22.9 Å². The molecule has 1 unspecified atom stereocenters. The number of nitrogens with one attached hydrogen (secondary N) is 1. The number of hydrogen-bond donors (Lipinski definition) is 1. The van der Waals surface area contributed by atoms with Crippen molar-refractivity contribution in [1.29, 1.82) is 0 Å². The van der Waals surface area contributed by atoms with Crippen LogP contribution in [0.4, 0.5) is 0 Å². The zero-order chi connectivity index (χ0) is 17.5. The van der Waals surface area contributed by atoms with E-state index in [4.69, 9.17) is 0 Å². The first kappa shape index (κ1) is 16.0. The molecule has 0 amide bonds. The summed E-state index contributed by atoms with van der Waals surface area (Å²) in [5.41, 5.74) is 3.89. The Morgan fingerprint density at radius 2 is 1.92 bits per heavy atom. The van der Waals surface area contributed by atoms with Gasteiger partial charge in [-0.15, -0.1) is 11.3 Å². The first-order valence-corrected chi connectivity index (χ1v) is 10.3. The number of rotatable bonds is 3. The molecule has 3 aromatic rings. The van der Waals surface area contributed by atoms with Crippen molar-refractivity contribution < 1.29 is 4.90 Å². The Morgan fingerprint density at radius 3 is 2.73 bits per heavy atom. The molecular formula is C22H23N2OS+. The minimum Gasteiger partial charge on any atom is -0.330 e. The van der Waals surface area contributed by atoms with Gasteiger partial charge in [-0.05, 0) is 29.5 Å². The summed E-state index contributed by atoms with van der Waals surface area (Å²) in [5, 5.41) is 2.17. The van der Waals surface area contributed by atoms with Gasteiger partial charge in [0, 0.05) is 35.7 Å². The van der Waals surface area contributed by atoms with Crippen LogP contribution in [0, 0.1) is 5.92 Å². The summed E-state index contributed by atoms with van der Waals surface area (Å²) in [4.78, 5) is 15.7. The van der Waals surface area contributed by atoms with Crippen LogP contribution in [0.3, 0.4) is 0 Å². The van der Waals surface area contributed by atoms with E-state index in [1.807, 2.05) is 17.4 Å². The van der Waals surface area contributed by atoms with Crippen LogP contribution in [-0.2, 0) is 13.1 Å². The Labute approximate surface area is 157 Å². The fourth-order valence-corrected chi connectivity index (χ4v) is 5.68. The van der Waals surface area contributed by atoms with E-state index in [1.165, 1.54) is 34.7 Å². The van der Waals surface area contributed by atoms with Crippen LogP contribution < -0.4 is 10.5 Å². The van der Waals surface area contributed by atoms with E-state index < -0.39 is 0 Å². The van der Waals surface area contributed by atoms with Gasteiger partial charge in [-0.3, -0.25) is 4.79 Å². The fourth-order valence-electron chi connectivity index (χ4n) is 4.90. The number of thiophene rings is 1. The van der Waals surface area contributed by atoms with E-state index in [2.05, 4.69) is 52.4 Å². The van der Waals surface area contributed by atoms with Gasteiger partial charge in [0.05, 0.1) is 18.0 Å². The maximum atomic E-state index is 12.6. The van der Waals surface area contributed by atoms with Crippen molar-refractivity contribution in [2.24, 2.45) is 5.92 Å². The van der Waals surface area contributed by atoms with Gasteiger partial charge in [0.25, 0.3) is 5.56 Å². The highest BCUT2D eigenvalue weighted by Gasteiger charge is 2.38. The predicted molar refractivity (Wildman–Crippen MR) is 106 cm³/mol. The molecule has 4 heterocycles. The zero-order valence-electron chi connectivity index (χ0n) is 14.7. The van der Waals surface area contributed by atoms with Gasteiger partial charge in [0.2, 0.25) is 0 Å². The number of likely N-dealkylation sites (tertiary alicyclic amines) is 1. The minimum absolute atomic E-state index is 0.163. The molecule has 3 nitrogen and oxygen atoms in total. The first-order chi connectivity index (χ1) is 12.8. The van der Waals surface area contributed by atoms with Crippen molar-refractivity contribution in [1.82, 2.24) is 4.57 Å². The molecular weight excluding hydrogens is 340 g/mol. The van der Waals surface area contributed by atoms with E-state index >= 15 is 0 Å².